The van der Waals surface area contributed by atoms with Crippen LogP contribution in [0, 0.1) is 5.92 Å². The number of nitrogens with zero attached hydrogens (tertiary/aromatic N) is 4. The molecule has 1 saturated heterocycles. The molecule has 0 aliphatic carbocycles. The van der Waals surface area contributed by atoms with E-state index in [4.69, 9.17) is 0 Å². The lowest BCUT2D eigenvalue weighted by atomic mass is 9.99. The summed E-state index contributed by atoms with van der Waals surface area (Å²) in [6.07, 6.45) is 8.15. The highest BCUT2D eigenvalue weighted by molar-refractivity contribution is 5.68. The van der Waals surface area contributed by atoms with Crippen molar-refractivity contribution in [3.63, 3.8) is 0 Å². The fourth-order valence-corrected chi connectivity index (χ4v) is 2.84. The number of anilines is 1. The molecular weight excluding hydrogens is 238 g/mol. The maximum Gasteiger partial charge on any atom is 0.154 e. The second-order valence-electron chi connectivity index (χ2n) is 5.16. The van der Waals surface area contributed by atoms with Crippen molar-refractivity contribution < 1.29 is 0 Å². The molecular formula is C14H21N5. The van der Waals surface area contributed by atoms with Crippen molar-refractivity contribution in [1.82, 2.24) is 19.9 Å². The van der Waals surface area contributed by atoms with E-state index in [0.29, 0.717) is 0 Å². The fourth-order valence-electron chi connectivity index (χ4n) is 2.84. The zero-order valence-electron chi connectivity index (χ0n) is 11.4. The van der Waals surface area contributed by atoms with Crippen LogP contribution in [-0.4, -0.2) is 40.8 Å². The van der Waals surface area contributed by atoms with Crippen LogP contribution in [0.25, 0.3) is 5.52 Å². The van der Waals surface area contributed by atoms with Gasteiger partial charge >= 0.3 is 0 Å². The van der Waals surface area contributed by atoms with Crippen molar-refractivity contribution in [2.24, 2.45) is 5.92 Å². The van der Waals surface area contributed by atoms with Gasteiger partial charge in [-0.1, -0.05) is 0 Å². The second kappa shape index (κ2) is 5.57. The molecule has 102 valence electrons. The van der Waals surface area contributed by atoms with E-state index in [1.165, 1.54) is 19.4 Å². The summed E-state index contributed by atoms with van der Waals surface area (Å²) in [5.74, 6) is 1.77. The second-order valence-corrected chi connectivity index (χ2v) is 5.16. The molecule has 2 aromatic rings. The Balaban J connectivity index is 1.82. The van der Waals surface area contributed by atoms with Crippen molar-refractivity contribution in [3.05, 3.63) is 24.7 Å². The van der Waals surface area contributed by atoms with Crippen LogP contribution >= 0.6 is 0 Å². The molecule has 1 aliphatic heterocycles. The maximum atomic E-state index is 4.56. The van der Waals surface area contributed by atoms with Gasteiger partial charge in [-0.2, -0.15) is 5.10 Å². The largest absolute Gasteiger partial charge is 0.355 e. The van der Waals surface area contributed by atoms with Gasteiger partial charge in [-0.15, -0.1) is 0 Å². The number of aromatic nitrogens is 3. The summed E-state index contributed by atoms with van der Waals surface area (Å²) in [5, 5.41) is 7.76. The molecule has 5 heteroatoms. The number of piperidine rings is 1. The average Bonchev–Trinajstić information content (AvgIpc) is 2.94. The predicted molar refractivity (Wildman–Crippen MR) is 76.5 cm³/mol. The molecule has 0 amide bonds. The standard InChI is InChI=1S/C14H21N5/c1-2-18(11-12-4-3-6-15-10-12)14-13-5-7-17-19(13)9-8-16-14/h5,7-9,12,15H,2-4,6,10-11H2,1H3. The van der Waals surface area contributed by atoms with Crippen LogP contribution in [0.3, 0.4) is 0 Å². The molecule has 3 rings (SSSR count). The molecule has 2 aromatic heterocycles. The van der Waals surface area contributed by atoms with Crippen molar-refractivity contribution in [2.45, 2.75) is 19.8 Å². The third-order valence-corrected chi connectivity index (χ3v) is 3.86. The zero-order valence-corrected chi connectivity index (χ0v) is 11.4. The van der Waals surface area contributed by atoms with E-state index in [9.17, 15) is 0 Å². The molecule has 1 atom stereocenters. The van der Waals surface area contributed by atoms with E-state index in [2.05, 4.69) is 27.2 Å². The van der Waals surface area contributed by atoms with E-state index >= 15 is 0 Å². The molecule has 19 heavy (non-hydrogen) atoms. The number of fused-ring (bicyclic) bond motifs is 1. The van der Waals surface area contributed by atoms with Crippen molar-refractivity contribution in [3.8, 4) is 0 Å². The highest BCUT2D eigenvalue weighted by atomic mass is 15.3. The molecule has 0 aromatic carbocycles. The molecule has 0 spiro atoms. The Labute approximate surface area is 113 Å². The molecule has 1 aliphatic rings. The maximum absolute atomic E-state index is 4.56. The minimum Gasteiger partial charge on any atom is -0.355 e. The van der Waals surface area contributed by atoms with Gasteiger partial charge in [-0.3, -0.25) is 0 Å². The lowest BCUT2D eigenvalue weighted by molar-refractivity contribution is 0.377. The quantitative estimate of drug-likeness (QED) is 0.905. The van der Waals surface area contributed by atoms with E-state index in [1.807, 2.05) is 29.2 Å². The van der Waals surface area contributed by atoms with Crippen LogP contribution in [0.2, 0.25) is 0 Å². The first-order valence-corrected chi connectivity index (χ1v) is 7.12. The lowest BCUT2D eigenvalue weighted by Gasteiger charge is -2.30. The predicted octanol–water partition coefficient (Wildman–Crippen LogP) is 1.56. The van der Waals surface area contributed by atoms with Crippen molar-refractivity contribution >= 4 is 11.3 Å². The Morgan fingerprint density at radius 1 is 1.47 bits per heavy atom. The Kier molecular flexibility index (Phi) is 3.64. The van der Waals surface area contributed by atoms with Gasteiger partial charge < -0.3 is 10.2 Å². The molecule has 1 N–H and O–H groups in total. The average molecular weight is 259 g/mol. The Morgan fingerprint density at radius 2 is 2.42 bits per heavy atom. The summed E-state index contributed by atoms with van der Waals surface area (Å²) < 4.78 is 1.89. The molecule has 3 heterocycles. The van der Waals surface area contributed by atoms with Crippen molar-refractivity contribution in [2.75, 3.05) is 31.1 Å². The number of hydrogen-bond acceptors (Lipinski definition) is 4. The summed E-state index contributed by atoms with van der Waals surface area (Å²) in [6, 6.07) is 2.03. The number of hydrogen-bond donors (Lipinski definition) is 1. The van der Waals surface area contributed by atoms with Gasteiger partial charge in [0.2, 0.25) is 0 Å². The summed E-state index contributed by atoms with van der Waals surface area (Å²) >= 11 is 0. The molecule has 0 saturated carbocycles. The van der Waals surface area contributed by atoms with Gasteiger partial charge in [0.25, 0.3) is 0 Å². The zero-order chi connectivity index (χ0) is 13.1. The van der Waals surface area contributed by atoms with E-state index in [-0.39, 0.29) is 0 Å². The van der Waals surface area contributed by atoms with Gasteiger partial charge in [0.05, 0.1) is 6.20 Å². The molecule has 1 fully saturated rings. The van der Waals surface area contributed by atoms with Gasteiger partial charge in [0, 0.05) is 25.5 Å². The minimum absolute atomic E-state index is 0.721. The normalized spacial score (nSPS) is 19.7. The fraction of sp³-hybridized carbons (Fsp3) is 0.571. The SMILES string of the molecule is CCN(CC1CCCNC1)c1nccn2nccc12. The van der Waals surface area contributed by atoms with Crippen molar-refractivity contribution in [1.29, 1.82) is 0 Å². The van der Waals surface area contributed by atoms with Crippen LogP contribution in [0.4, 0.5) is 5.82 Å². The Bertz CT molecular complexity index is 529. The summed E-state index contributed by atoms with van der Waals surface area (Å²) in [5.41, 5.74) is 1.09. The van der Waals surface area contributed by atoms with Crippen LogP contribution in [0.15, 0.2) is 24.7 Å². The molecule has 0 bridgehead atoms. The summed E-state index contributed by atoms with van der Waals surface area (Å²) in [4.78, 5) is 6.93. The third kappa shape index (κ3) is 2.56. The Morgan fingerprint density at radius 3 is 3.21 bits per heavy atom. The molecule has 5 nitrogen and oxygen atoms in total. The molecule has 0 radical (unpaired) electrons. The van der Waals surface area contributed by atoms with Gasteiger partial charge in [0.15, 0.2) is 5.82 Å². The Hall–Kier alpha value is -1.62. The summed E-state index contributed by atoms with van der Waals surface area (Å²) in [6.45, 7) is 6.53. The number of rotatable bonds is 4. The monoisotopic (exact) mass is 259 g/mol. The smallest absolute Gasteiger partial charge is 0.154 e. The van der Waals surface area contributed by atoms with E-state index < -0.39 is 0 Å². The van der Waals surface area contributed by atoms with Crippen LogP contribution < -0.4 is 10.2 Å². The van der Waals surface area contributed by atoms with Gasteiger partial charge in [-0.05, 0) is 44.8 Å². The highest BCUT2D eigenvalue weighted by Gasteiger charge is 2.18. The third-order valence-electron chi connectivity index (χ3n) is 3.86. The van der Waals surface area contributed by atoms with Gasteiger partial charge in [-0.25, -0.2) is 9.50 Å². The van der Waals surface area contributed by atoms with Crippen LogP contribution in [0.5, 0.6) is 0 Å². The summed E-state index contributed by atoms with van der Waals surface area (Å²) in [7, 11) is 0. The van der Waals surface area contributed by atoms with Gasteiger partial charge in [0.1, 0.15) is 5.52 Å². The minimum atomic E-state index is 0.721. The van der Waals surface area contributed by atoms with Crippen LogP contribution in [0.1, 0.15) is 19.8 Å². The molecule has 1 unspecified atom stereocenters. The first-order chi connectivity index (χ1) is 9.38. The van der Waals surface area contributed by atoms with Crippen LogP contribution in [-0.2, 0) is 0 Å². The highest BCUT2D eigenvalue weighted by Crippen LogP contribution is 2.21. The topological polar surface area (TPSA) is 45.5 Å². The number of nitrogens with one attached hydrogen (secondary N) is 1. The van der Waals surface area contributed by atoms with E-state index in [1.54, 1.807) is 0 Å². The lowest BCUT2D eigenvalue weighted by Crippen LogP contribution is -2.38. The first kappa shape index (κ1) is 12.4. The first-order valence-electron chi connectivity index (χ1n) is 7.12. The van der Waals surface area contributed by atoms with E-state index in [0.717, 1.165) is 36.9 Å².